The zero-order valence-corrected chi connectivity index (χ0v) is 18.4. The lowest BCUT2D eigenvalue weighted by Crippen LogP contribution is -2.33. The Balaban J connectivity index is 1.53. The molecule has 1 amide bonds. The molecule has 0 spiro atoms. The van der Waals surface area contributed by atoms with Gasteiger partial charge in [-0.15, -0.1) is 0 Å². The molecule has 1 aromatic carbocycles. The molecule has 1 aromatic heterocycles. The van der Waals surface area contributed by atoms with E-state index in [0.717, 1.165) is 55.2 Å². The van der Waals surface area contributed by atoms with Gasteiger partial charge in [0.25, 0.3) is 5.91 Å². The molecule has 0 aliphatic rings. The molecule has 3 N–H and O–H groups in total. The Morgan fingerprint density at radius 2 is 1.83 bits per heavy atom. The maximum absolute atomic E-state index is 11.6. The second-order valence-corrected chi connectivity index (χ2v) is 8.56. The Kier molecular flexibility index (Phi) is 9.19. The number of anilines is 1. The van der Waals surface area contributed by atoms with Gasteiger partial charge >= 0.3 is 0 Å². The molecule has 0 atom stereocenters. The molecule has 29 heavy (non-hydrogen) atoms. The molecular weight excluding hydrogens is 386 g/mol. The fraction of sp³-hybridized carbons (Fsp3) is 0.500. The molecule has 2 aromatic rings. The number of halogens is 1. The van der Waals surface area contributed by atoms with Crippen molar-refractivity contribution >= 4 is 40.3 Å². The summed E-state index contributed by atoms with van der Waals surface area (Å²) in [5.41, 5.74) is 4.77. The van der Waals surface area contributed by atoms with Crippen molar-refractivity contribution in [3.63, 3.8) is 0 Å². The third-order valence-electron chi connectivity index (χ3n) is 4.25. The van der Waals surface area contributed by atoms with Gasteiger partial charge in [0.05, 0.1) is 5.52 Å². The van der Waals surface area contributed by atoms with E-state index in [2.05, 4.69) is 26.1 Å². The van der Waals surface area contributed by atoms with E-state index in [4.69, 9.17) is 11.6 Å². The number of nitrogens with one attached hydrogen (secondary N) is 3. The zero-order chi connectivity index (χ0) is 21.1. The highest BCUT2D eigenvalue weighted by atomic mass is 35.5. The summed E-state index contributed by atoms with van der Waals surface area (Å²) in [6.45, 7) is 7.59. The first-order valence-corrected chi connectivity index (χ1v) is 10.6. The highest BCUT2D eigenvalue weighted by molar-refractivity contribution is 6.31. The molecule has 0 aliphatic carbocycles. The third kappa shape index (κ3) is 9.13. The van der Waals surface area contributed by atoms with Crippen LogP contribution in [-0.4, -0.2) is 35.7 Å². The van der Waals surface area contributed by atoms with Crippen molar-refractivity contribution in [1.29, 1.82) is 0 Å². The lowest BCUT2D eigenvalue weighted by molar-refractivity contribution is -0.114. The maximum Gasteiger partial charge on any atom is 0.264 e. The normalized spacial score (nSPS) is 11.7. The molecule has 0 aliphatic heterocycles. The van der Waals surface area contributed by atoms with Crippen LogP contribution >= 0.6 is 11.6 Å². The van der Waals surface area contributed by atoms with Crippen LogP contribution in [0.2, 0.25) is 5.02 Å². The van der Waals surface area contributed by atoms with Crippen LogP contribution in [0.25, 0.3) is 10.9 Å². The fourth-order valence-electron chi connectivity index (χ4n) is 2.82. The summed E-state index contributed by atoms with van der Waals surface area (Å²) in [4.78, 5) is 16.0. The first kappa shape index (κ1) is 22.9. The van der Waals surface area contributed by atoms with Crippen molar-refractivity contribution in [2.75, 3.05) is 18.4 Å². The van der Waals surface area contributed by atoms with Gasteiger partial charge < -0.3 is 16.1 Å². The predicted octanol–water partition coefficient (Wildman–Crippen LogP) is 4.74. The van der Waals surface area contributed by atoms with Crippen molar-refractivity contribution in [2.24, 2.45) is 5.10 Å². The summed E-state index contributed by atoms with van der Waals surface area (Å²) in [6.07, 6.45) is 8.61. The lowest BCUT2D eigenvalue weighted by atomic mass is 10.1. The molecule has 7 heteroatoms. The van der Waals surface area contributed by atoms with Gasteiger partial charge in [0.2, 0.25) is 0 Å². The highest BCUT2D eigenvalue weighted by Gasteiger charge is 2.06. The van der Waals surface area contributed by atoms with Crippen LogP contribution in [0, 0.1) is 0 Å². The van der Waals surface area contributed by atoms with Crippen molar-refractivity contribution in [3.8, 4) is 0 Å². The SMILES string of the molecule is CC(C)(C)N/N=C/C(=O)NCCCCCCCNc1ccnc2cc(Cl)ccc12. The van der Waals surface area contributed by atoms with Crippen molar-refractivity contribution in [3.05, 3.63) is 35.5 Å². The van der Waals surface area contributed by atoms with Crippen LogP contribution in [0.4, 0.5) is 5.69 Å². The average molecular weight is 418 g/mol. The van der Waals surface area contributed by atoms with Gasteiger partial charge in [0, 0.05) is 40.9 Å². The fourth-order valence-corrected chi connectivity index (χ4v) is 2.99. The number of hydrazone groups is 1. The maximum atomic E-state index is 11.6. The van der Waals surface area contributed by atoms with E-state index >= 15 is 0 Å². The van der Waals surface area contributed by atoms with Crippen LogP contribution in [0.5, 0.6) is 0 Å². The van der Waals surface area contributed by atoms with Crippen molar-refractivity contribution < 1.29 is 4.79 Å². The number of hydrogen-bond donors (Lipinski definition) is 3. The number of nitrogens with zero attached hydrogens (tertiary/aromatic N) is 2. The molecule has 2 rings (SSSR count). The van der Waals surface area contributed by atoms with Gasteiger partial charge in [0.15, 0.2) is 0 Å². The monoisotopic (exact) mass is 417 g/mol. The van der Waals surface area contributed by atoms with E-state index in [1.165, 1.54) is 6.21 Å². The molecule has 0 bridgehead atoms. The number of amides is 1. The van der Waals surface area contributed by atoms with E-state index < -0.39 is 0 Å². The number of fused-ring (bicyclic) bond motifs is 1. The minimum atomic E-state index is -0.156. The van der Waals surface area contributed by atoms with Gasteiger partial charge in [-0.2, -0.15) is 5.10 Å². The summed E-state index contributed by atoms with van der Waals surface area (Å²) in [7, 11) is 0. The Morgan fingerprint density at radius 1 is 1.10 bits per heavy atom. The Labute approximate surface area is 178 Å². The summed E-state index contributed by atoms with van der Waals surface area (Å²) in [5, 5.41) is 12.1. The zero-order valence-electron chi connectivity index (χ0n) is 17.6. The lowest BCUT2D eigenvalue weighted by Gasteiger charge is -2.16. The summed E-state index contributed by atoms with van der Waals surface area (Å²) >= 11 is 6.03. The molecule has 0 saturated carbocycles. The number of carbonyl (C=O) groups is 1. The Bertz CT molecular complexity index is 816. The van der Waals surface area contributed by atoms with Gasteiger partial charge in [-0.05, 0) is 57.9 Å². The van der Waals surface area contributed by atoms with E-state index in [1.807, 2.05) is 45.0 Å². The second kappa shape index (κ2) is 11.6. The highest BCUT2D eigenvalue weighted by Crippen LogP contribution is 2.24. The van der Waals surface area contributed by atoms with Gasteiger partial charge in [0.1, 0.15) is 6.21 Å². The first-order chi connectivity index (χ1) is 13.8. The topological polar surface area (TPSA) is 78.4 Å². The molecule has 0 unspecified atom stereocenters. The predicted molar refractivity (Wildman–Crippen MR) is 123 cm³/mol. The average Bonchev–Trinajstić information content (AvgIpc) is 2.65. The molecule has 1 heterocycles. The minimum Gasteiger partial charge on any atom is -0.384 e. The second-order valence-electron chi connectivity index (χ2n) is 8.13. The molecule has 6 nitrogen and oxygen atoms in total. The summed E-state index contributed by atoms with van der Waals surface area (Å²) < 4.78 is 0. The number of unbranched alkanes of at least 4 members (excludes halogenated alkanes) is 4. The van der Waals surface area contributed by atoms with Gasteiger partial charge in [-0.25, -0.2) is 0 Å². The van der Waals surface area contributed by atoms with Gasteiger partial charge in [-0.3, -0.25) is 9.78 Å². The number of pyridine rings is 1. The van der Waals surface area contributed by atoms with Crippen molar-refractivity contribution in [2.45, 2.75) is 58.4 Å². The molecule has 0 saturated heterocycles. The quantitative estimate of drug-likeness (QED) is 0.280. The number of hydrogen-bond acceptors (Lipinski definition) is 5. The Morgan fingerprint density at radius 3 is 2.59 bits per heavy atom. The van der Waals surface area contributed by atoms with Gasteiger partial charge in [-0.1, -0.05) is 30.9 Å². The molecular formula is C22H32ClN5O. The number of benzene rings is 1. The molecule has 0 radical (unpaired) electrons. The number of carbonyl (C=O) groups excluding carboxylic acids is 1. The largest absolute Gasteiger partial charge is 0.384 e. The van der Waals surface area contributed by atoms with E-state index in [-0.39, 0.29) is 11.4 Å². The van der Waals surface area contributed by atoms with Crippen LogP contribution in [0.3, 0.4) is 0 Å². The van der Waals surface area contributed by atoms with E-state index in [9.17, 15) is 4.79 Å². The van der Waals surface area contributed by atoms with Crippen LogP contribution in [-0.2, 0) is 4.79 Å². The molecule has 0 fully saturated rings. The smallest absolute Gasteiger partial charge is 0.264 e. The van der Waals surface area contributed by atoms with Crippen LogP contribution in [0.1, 0.15) is 52.9 Å². The summed E-state index contributed by atoms with van der Waals surface area (Å²) in [5.74, 6) is -0.156. The van der Waals surface area contributed by atoms with E-state index in [0.29, 0.717) is 11.6 Å². The van der Waals surface area contributed by atoms with Crippen molar-refractivity contribution in [1.82, 2.24) is 15.7 Å². The first-order valence-electron chi connectivity index (χ1n) is 10.2. The van der Waals surface area contributed by atoms with Crippen LogP contribution < -0.4 is 16.1 Å². The minimum absolute atomic E-state index is 0.135. The van der Waals surface area contributed by atoms with Crippen LogP contribution in [0.15, 0.2) is 35.6 Å². The Hall–Kier alpha value is -2.34. The third-order valence-corrected chi connectivity index (χ3v) is 4.49. The van der Waals surface area contributed by atoms with E-state index in [1.54, 1.807) is 6.20 Å². The standard InChI is InChI=1S/C22H32ClN5O/c1-22(2,3)28-27-16-21(29)26-13-8-6-4-5-7-12-24-19-11-14-25-20-15-17(23)9-10-18(19)20/h9-11,14-16,28H,4-8,12-13H2,1-3H3,(H,24,25)(H,26,29)/b27-16+. The molecule has 158 valence electrons. The number of rotatable bonds is 11. The summed E-state index contributed by atoms with van der Waals surface area (Å²) in [6, 6.07) is 7.78. The number of aromatic nitrogens is 1.